The average molecular weight is 355 g/mol. The van der Waals surface area contributed by atoms with Gasteiger partial charge in [0.15, 0.2) is 0 Å². The van der Waals surface area contributed by atoms with Crippen LogP contribution in [0.4, 0.5) is 0 Å². The summed E-state index contributed by atoms with van der Waals surface area (Å²) in [5, 5.41) is 18.4. The predicted molar refractivity (Wildman–Crippen MR) is 86.1 cm³/mol. The van der Waals surface area contributed by atoms with Crippen LogP contribution in [0.1, 0.15) is 18.4 Å². The van der Waals surface area contributed by atoms with Crippen molar-refractivity contribution in [3.63, 3.8) is 0 Å². The molecule has 0 bridgehead atoms. The zero-order valence-electron chi connectivity index (χ0n) is 12.7. The molecule has 1 aromatic heterocycles. The number of carboxylic acid groups (broad SMARTS) is 2. The maximum Gasteiger partial charge on any atom is 0.328 e. The number of carboxylic acids is 2. The minimum Gasteiger partial charge on any atom is -0.481 e. The van der Waals surface area contributed by atoms with Gasteiger partial charge in [-0.25, -0.2) is 0 Å². The van der Waals surface area contributed by atoms with E-state index in [1.54, 1.807) is 6.20 Å². The lowest BCUT2D eigenvalue weighted by molar-refractivity contribution is -0.141. The first-order chi connectivity index (χ1) is 11.3. The molecule has 0 radical (unpaired) electrons. The molecule has 0 aliphatic carbocycles. The smallest absolute Gasteiger partial charge is 0.328 e. The fourth-order valence-electron chi connectivity index (χ4n) is 2.42. The van der Waals surface area contributed by atoms with E-state index >= 15 is 0 Å². The van der Waals surface area contributed by atoms with Crippen molar-refractivity contribution in [2.75, 3.05) is 6.16 Å². The van der Waals surface area contributed by atoms with Crippen molar-refractivity contribution in [1.29, 1.82) is 0 Å². The van der Waals surface area contributed by atoms with Gasteiger partial charge >= 0.3 is 19.5 Å². The lowest BCUT2D eigenvalue weighted by Crippen LogP contribution is -2.21. The highest BCUT2D eigenvalue weighted by atomic mass is 31.2. The van der Waals surface area contributed by atoms with Gasteiger partial charge in [-0.2, -0.15) is 0 Å². The van der Waals surface area contributed by atoms with Crippen LogP contribution in [0, 0.1) is 0 Å². The highest BCUT2D eigenvalue weighted by Crippen LogP contribution is 2.45. The summed E-state index contributed by atoms with van der Waals surface area (Å²) in [6.07, 6.45) is -0.904. The third kappa shape index (κ3) is 5.19. The third-order valence-electron chi connectivity index (χ3n) is 3.46. The second kappa shape index (κ2) is 7.61. The molecule has 0 aliphatic rings. The lowest BCUT2D eigenvalue weighted by Gasteiger charge is -2.18. The van der Waals surface area contributed by atoms with Gasteiger partial charge < -0.3 is 24.6 Å². The largest absolute Gasteiger partial charge is 0.481 e. The zero-order chi connectivity index (χ0) is 17.7. The van der Waals surface area contributed by atoms with Crippen LogP contribution in [-0.2, 0) is 25.1 Å². The highest BCUT2D eigenvalue weighted by molar-refractivity contribution is 7.52. The van der Waals surface area contributed by atoms with E-state index in [1.165, 1.54) is 0 Å². The van der Waals surface area contributed by atoms with E-state index in [9.17, 15) is 19.0 Å². The number of hydrogen-bond acceptors (Lipinski definition) is 4. The van der Waals surface area contributed by atoms with Gasteiger partial charge in [0.25, 0.3) is 0 Å². The number of nitrogens with one attached hydrogen (secondary N) is 1. The molecular formula is C15H18NO7P. The molecule has 4 N–H and O–H groups in total. The van der Waals surface area contributed by atoms with E-state index in [0.29, 0.717) is 0 Å². The Morgan fingerprint density at radius 3 is 2.42 bits per heavy atom. The van der Waals surface area contributed by atoms with Gasteiger partial charge in [0.2, 0.25) is 0 Å². The number of carbonyl (C=O) groups is 2. The first-order valence-corrected chi connectivity index (χ1v) is 9.02. The van der Waals surface area contributed by atoms with Gasteiger partial charge in [0, 0.05) is 17.1 Å². The van der Waals surface area contributed by atoms with Crippen LogP contribution in [0.25, 0.3) is 10.9 Å². The molecule has 1 aromatic carbocycles. The number of rotatable bonds is 9. The Kier molecular flexibility index (Phi) is 5.77. The second-order valence-electron chi connectivity index (χ2n) is 5.39. The molecule has 1 unspecified atom stereocenters. The summed E-state index contributed by atoms with van der Waals surface area (Å²) >= 11 is 0. The molecule has 0 saturated carbocycles. The van der Waals surface area contributed by atoms with E-state index in [1.807, 2.05) is 24.3 Å². The second-order valence-corrected chi connectivity index (χ2v) is 7.33. The van der Waals surface area contributed by atoms with Crippen molar-refractivity contribution in [3.8, 4) is 0 Å². The van der Waals surface area contributed by atoms with Crippen LogP contribution in [0.15, 0.2) is 30.5 Å². The van der Waals surface area contributed by atoms with E-state index in [0.717, 1.165) is 16.5 Å². The molecule has 0 saturated heterocycles. The number of hydrogen-bond donors (Lipinski definition) is 4. The molecule has 0 aliphatic heterocycles. The number of H-pyrrole nitrogens is 1. The summed E-state index contributed by atoms with van der Waals surface area (Å²) in [6.45, 7) is 0. The number of aromatic amines is 1. The summed E-state index contributed by atoms with van der Waals surface area (Å²) in [7, 11) is -4.12. The molecule has 0 spiro atoms. The van der Waals surface area contributed by atoms with E-state index in [2.05, 4.69) is 4.98 Å². The van der Waals surface area contributed by atoms with Gasteiger partial charge in [-0.05, 0) is 18.1 Å². The number of aromatic nitrogens is 1. The lowest BCUT2D eigenvalue weighted by atomic mass is 10.1. The molecule has 0 fully saturated rings. The number of aliphatic carboxylic acids is 2. The van der Waals surface area contributed by atoms with E-state index < -0.39 is 38.5 Å². The number of fused-ring (bicyclic) bond motifs is 1. The first-order valence-electron chi connectivity index (χ1n) is 7.25. The minimum atomic E-state index is -4.12. The van der Waals surface area contributed by atoms with Gasteiger partial charge in [-0.1, -0.05) is 18.2 Å². The Morgan fingerprint density at radius 2 is 1.79 bits per heavy atom. The van der Waals surface area contributed by atoms with Crippen molar-refractivity contribution in [1.82, 2.24) is 4.98 Å². The zero-order valence-corrected chi connectivity index (χ0v) is 13.6. The predicted octanol–water partition coefficient (Wildman–Crippen LogP) is 2.23. The van der Waals surface area contributed by atoms with Crippen molar-refractivity contribution < 1.29 is 33.8 Å². The Balaban J connectivity index is 2.02. The molecule has 1 heterocycles. The number of aryl methyl sites for hydroxylation is 1. The number of para-hydroxylation sites is 1. The molecule has 2 rings (SSSR count). The van der Waals surface area contributed by atoms with Crippen LogP contribution in [0.3, 0.4) is 0 Å². The van der Waals surface area contributed by atoms with Crippen LogP contribution in [0.5, 0.6) is 0 Å². The Labute approximate surface area is 137 Å². The Morgan fingerprint density at radius 1 is 1.17 bits per heavy atom. The normalized spacial score (nSPS) is 13.9. The van der Waals surface area contributed by atoms with Crippen molar-refractivity contribution in [2.45, 2.75) is 25.4 Å². The Bertz CT molecular complexity index is 769. The van der Waals surface area contributed by atoms with Gasteiger partial charge in [-0.3, -0.25) is 14.2 Å². The van der Waals surface area contributed by atoms with Gasteiger partial charge in [0.1, 0.15) is 0 Å². The molecule has 2 aromatic rings. The molecular weight excluding hydrogens is 337 g/mol. The van der Waals surface area contributed by atoms with Gasteiger partial charge in [0.05, 0.1) is 25.1 Å². The topological polar surface area (TPSA) is 137 Å². The maximum atomic E-state index is 12.2. The summed E-state index contributed by atoms with van der Waals surface area (Å²) < 4.78 is 17.1. The van der Waals surface area contributed by atoms with Gasteiger partial charge in [-0.15, -0.1) is 0 Å². The molecule has 8 nitrogen and oxygen atoms in total. The molecule has 0 amide bonds. The molecule has 9 heteroatoms. The summed E-state index contributed by atoms with van der Waals surface area (Å²) in [5.41, 5.74) is 1.73. The van der Waals surface area contributed by atoms with E-state index in [-0.39, 0.29) is 12.6 Å². The van der Waals surface area contributed by atoms with Crippen LogP contribution < -0.4 is 0 Å². The standard InChI is InChI=1S/C15H18NO7P/c17-14(18)7-11(8-15(19)20)23-24(21,22)6-5-10-9-16-13-4-2-1-3-12(10)13/h1-4,9,11,16H,5-8H2,(H,17,18)(H,19,20)(H,21,22). The highest BCUT2D eigenvalue weighted by Gasteiger charge is 2.28. The fourth-order valence-corrected chi connectivity index (χ4v) is 3.67. The minimum absolute atomic E-state index is 0.232. The fraction of sp³-hybridized carbons (Fsp3) is 0.333. The summed E-state index contributed by atoms with van der Waals surface area (Å²) in [4.78, 5) is 34.4. The van der Waals surface area contributed by atoms with Crippen LogP contribution >= 0.6 is 7.60 Å². The summed E-state index contributed by atoms with van der Waals surface area (Å²) in [5.74, 6) is -2.59. The SMILES string of the molecule is O=C(O)CC(CC(=O)O)OP(=O)(O)CCc1c[nH]c2ccccc12. The molecule has 130 valence electrons. The van der Waals surface area contributed by atoms with Crippen molar-refractivity contribution in [3.05, 3.63) is 36.0 Å². The van der Waals surface area contributed by atoms with Crippen LogP contribution in [-0.4, -0.2) is 44.3 Å². The van der Waals surface area contributed by atoms with Crippen LogP contribution in [0.2, 0.25) is 0 Å². The Hall–Kier alpha value is -2.15. The first kappa shape index (κ1) is 18.2. The third-order valence-corrected chi connectivity index (χ3v) is 4.87. The monoisotopic (exact) mass is 355 g/mol. The van der Waals surface area contributed by atoms with E-state index in [4.69, 9.17) is 14.7 Å². The average Bonchev–Trinajstić information content (AvgIpc) is 2.86. The van der Waals surface area contributed by atoms with Crippen molar-refractivity contribution >= 4 is 30.4 Å². The molecule has 1 atom stereocenters. The van der Waals surface area contributed by atoms with Crippen molar-refractivity contribution in [2.24, 2.45) is 0 Å². The maximum absolute atomic E-state index is 12.2. The summed E-state index contributed by atoms with van der Waals surface area (Å²) in [6, 6.07) is 7.47. The molecule has 24 heavy (non-hydrogen) atoms. The number of benzene rings is 1. The quantitative estimate of drug-likeness (QED) is 0.506.